The molecular weight excluding hydrogens is 397 g/mol. The van der Waals surface area contributed by atoms with E-state index in [4.69, 9.17) is 9.84 Å². The highest BCUT2D eigenvalue weighted by atomic mass is 19.4. The molecular formula is C22H19F3N2O3. The molecule has 0 radical (unpaired) electrons. The molecule has 1 heterocycles. The van der Waals surface area contributed by atoms with Gasteiger partial charge >= 0.3 is 12.1 Å². The fraction of sp³-hybridized carbons (Fsp3) is 0.182. The summed E-state index contributed by atoms with van der Waals surface area (Å²) in [6, 6.07) is 14.0. The average Bonchev–Trinajstić information content (AvgIpc) is 3.11. The Kier molecular flexibility index (Phi) is 6.25. The topological polar surface area (TPSA) is 64.4 Å². The highest BCUT2D eigenvalue weighted by Gasteiger charge is 2.34. The second-order valence-electron chi connectivity index (χ2n) is 6.61. The predicted octanol–water partition coefficient (Wildman–Crippen LogP) is 4.65. The molecule has 8 heteroatoms. The molecule has 30 heavy (non-hydrogen) atoms. The zero-order chi connectivity index (χ0) is 21.7. The summed E-state index contributed by atoms with van der Waals surface area (Å²) < 4.78 is 46.2. The first kappa shape index (κ1) is 21.2. The van der Waals surface area contributed by atoms with Crippen molar-refractivity contribution in [1.29, 1.82) is 0 Å². The van der Waals surface area contributed by atoms with Crippen LogP contribution in [-0.4, -0.2) is 27.7 Å². The second-order valence-corrected chi connectivity index (χ2v) is 6.61. The van der Waals surface area contributed by atoms with Gasteiger partial charge in [-0.2, -0.15) is 13.2 Å². The lowest BCUT2D eigenvalue weighted by Crippen LogP contribution is -2.05. The van der Waals surface area contributed by atoms with Gasteiger partial charge in [-0.05, 0) is 34.9 Å². The zero-order valence-electron chi connectivity index (χ0n) is 16.1. The number of ether oxygens (including phenoxy) is 1. The maximum atomic E-state index is 13.2. The van der Waals surface area contributed by atoms with E-state index in [1.54, 1.807) is 55.6 Å². The number of imidazole rings is 1. The van der Waals surface area contributed by atoms with E-state index in [1.165, 1.54) is 10.6 Å². The lowest BCUT2D eigenvalue weighted by molar-refractivity contribution is -0.141. The van der Waals surface area contributed by atoms with Gasteiger partial charge in [0.15, 0.2) is 5.69 Å². The van der Waals surface area contributed by atoms with Crippen LogP contribution in [0.15, 0.2) is 60.8 Å². The van der Waals surface area contributed by atoms with Gasteiger partial charge in [-0.3, -0.25) is 0 Å². The average molecular weight is 416 g/mol. The number of carbonyl (C=O) groups is 1. The summed E-state index contributed by atoms with van der Waals surface area (Å²) in [6.07, 6.45) is -0.852. The van der Waals surface area contributed by atoms with Gasteiger partial charge in [0.25, 0.3) is 0 Å². The maximum Gasteiger partial charge on any atom is 0.434 e. The van der Waals surface area contributed by atoms with Gasteiger partial charge in [0.05, 0.1) is 7.11 Å². The normalized spacial score (nSPS) is 11.7. The standard InChI is InChI=1S/C22H19F3N2O3/c1-30-18-9-6-17(7-10-18)13-27-14-19(22(23,24)25)26-20(27)12-16-4-2-15(3-5-16)8-11-21(28)29/h2-11,14H,12-13H2,1H3,(H,28,29). The number of halogens is 3. The van der Waals surface area contributed by atoms with Crippen molar-refractivity contribution in [1.82, 2.24) is 9.55 Å². The Labute approximate surface area is 171 Å². The molecule has 0 saturated heterocycles. The van der Waals surface area contributed by atoms with Crippen LogP contribution in [-0.2, 0) is 23.9 Å². The van der Waals surface area contributed by atoms with Crippen molar-refractivity contribution < 1.29 is 27.8 Å². The third-order valence-corrected chi connectivity index (χ3v) is 4.42. The van der Waals surface area contributed by atoms with Crippen molar-refractivity contribution in [3.63, 3.8) is 0 Å². The molecule has 0 bridgehead atoms. The third kappa shape index (κ3) is 5.50. The van der Waals surface area contributed by atoms with E-state index in [2.05, 4.69) is 4.98 Å². The summed E-state index contributed by atoms with van der Waals surface area (Å²) in [4.78, 5) is 14.4. The summed E-state index contributed by atoms with van der Waals surface area (Å²) in [5, 5.41) is 8.68. The Balaban J connectivity index is 1.85. The molecule has 0 aliphatic rings. The third-order valence-electron chi connectivity index (χ3n) is 4.42. The number of carboxylic acids is 1. The van der Waals surface area contributed by atoms with Gasteiger partial charge in [0.1, 0.15) is 11.6 Å². The van der Waals surface area contributed by atoms with Crippen LogP contribution in [0, 0.1) is 0 Å². The number of carboxylic acid groups (broad SMARTS) is 1. The number of aliphatic carboxylic acids is 1. The van der Waals surface area contributed by atoms with Gasteiger partial charge in [-0.25, -0.2) is 9.78 Å². The number of nitrogens with zero attached hydrogens (tertiary/aromatic N) is 2. The molecule has 0 amide bonds. The number of hydrogen-bond donors (Lipinski definition) is 1. The van der Waals surface area contributed by atoms with E-state index in [9.17, 15) is 18.0 Å². The van der Waals surface area contributed by atoms with E-state index in [1.807, 2.05) is 0 Å². The molecule has 156 valence electrons. The molecule has 0 aliphatic heterocycles. The Bertz CT molecular complexity index is 1040. The molecule has 0 atom stereocenters. The SMILES string of the molecule is COc1ccc(Cn2cc(C(F)(F)F)nc2Cc2ccc(C=CC(=O)O)cc2)cc1. The zero-order valence-corrected chi connectivity index (χ0v) is 16.1. The Morgan fingerprint density at radius 3 is 2.30 bits per heavy atom. The van der Waals surface area contributed by atoms with Crippen LogP contribution in [0.3, 0.4) is 0 Å². The van der Waals surface area contributed by atoms with E-state index in [0.717, 1.165) is 23.4 Å². The number of aromatic nitrogens is 2. The molecule has 0 aliphatic carbocycles. The maximum absolute atomic E-state index is 13.2. The smallest absolute Gasteiger partial charge is 0.434 e. The predicted molar refractivity (Wildman–Crippen MR) is 105 cm³/mol. The molecule has 5 nitrogen and oxygen atoms in total. The van der Waals surface area contributed by atoms with Crippen molar-refractivity contribution in [3.8, 4) is 5.75 Å². The van der Waals surface area contributed by atoms with Crippen molar-refractivity contribution in [2.45, 2.75) is 19.1 Å². The van der Waals surface area contributed by atoms with Crippen LogP contribution in [0.25, 0.3) is 6.08 Å². The van der Waals surface area contributed by atoms with E-state index in [-0.39, 0.29) is 18.8 Å². The van der Waals surface area contributed by atoms with Gasteiger partial charge in [-0.1, -0.05) is 36.4 Å². The van der Waals surface area contributed by atoms with Crippen molar-refractivity contribution in [2.24, 2.45) is 0 Å². The highest BCUT2D eigenvalue weighted by Crippen LogP contribution is 2.29. The van der Waals surface area contributed by atoms with E-state index >= 15 is 0 Å². The number of benzene rings is 2. The minimum atomic E-state index is -4.54. The van der Waals surface area contributed by atoms with Gasteiger partial charge in [-0.15, -0.1) is 0 Å². The first-order chi connectivity index (χ1) is 14.2. The molecule has 2 aromatic carbocycles. The van der Waals surface area contributed by atoms with Gasteiger partial charge in [0, 0.05) is 25.2 Å². The van der Waals surface area contributed by atoms with E-state index < -0.39 is 17.8 Å². The lowest BCUT2D eigenvalue weighted by atomic mass is 10.1. The molecule has 0 saturated carbocycles. The van der Waals surface area contributed by atoms with Crippen molar-refractivity contribution in [3.05, 3.63) is 89.0 Å². The Hall–Kier alpha value is -3.55. The van der Waals surface area contributed by atoms with Crippen LogP contribution in [0.4, 0.5) is 13.2 Å². The number of methoxy groups -OCH3 is 1. The second kappa shape index (κ2) is 8.86. The summed E-state index contributed by atoms with van der Waals surface area (Å²) in [6.45, 7) is 0.238. The molecule has 0 spiro atoms. The summed E-state index contributed by atoms with van der Waals surface area (Å²) in [5.41, 5.74) is 1.32. The minimum absolute atomic E-state index is 0.204. The van der Waals surface area contributed by atoms with Gasteiger partial charge < -0.3 is 14.4 Å². The first-order valence-electron chi connectivity index (χ1n) is 9.01. The van der Waals surface area contributed by atoms with Gasteiger partial charge in [0.2, 0.25) is 0 Å². The quantitative estimate of drug-likeness (QED) is 0.570. The fourth-order valence-corrected chi connectivity index (χ4v) is 2.89. The largest absolute Gasteiger partial charge is 0.497 e. The molecule has 1 aromatic heterocycles. The monoisotopic (exact) mass is 416 g/mol. The van der Waals surface area contributed by atoms with Crippen LogP contribution in [0.5, 0.6) is 5.75 Å². The minimum Gasteiger partial charge on any atom is -0.497 e. The lowest BCUT2D eigenvalue weighted by Gasteiger charge is -2.09. The summed E-state index contributed by atoms with van der Waals surface area (Å²) in [7, 11) is 1.54. The number of alkyl halides is 3. The Morgan fingerprint density at radius 2 is 1.73 bits per heavy atom. The summed E-state index contributed by atoms with van der Waals surface area (Å²) in [5.74, 6) is -0.107. The fourth-order valence-electron chi connectivity index (χ4n) is 2.89. The Morgan fingerprint density at radius 1 is 1.10 bits per heavy atom. The van der Waals surface area contributed by atoms with Crippen LogP contribution in [0.1, 0.15) is 28.2 Å². The molecule has 0 fully saturated rings. The van der Waals surface area contributed by atoms with Crippen molar-refractivity contribution in [2.75, 3.05) is 7.11 Å². The van der Waals surface area contributed by atoms with E-state index in [0.29, 0.717) is 11.3 Å². The van der Waals surface area contributed by atoms with Crippen LogP contribution < -0.4 is 4.74 Å². The first-order valence-corrected chi connectivity index (χ1v) is 9.01. The molecule has 3 rings (SSSR count). The highest BCUT2D eigenvalue weighted by molar-refractivity contribution is 5.85. The van der Waals surface area contributed by atoms with Crippen LogP contribution in [0.2, 0.25) is 0 Å². The van der Waals surface area contributed by atoms with Crippen molar-refractivity contribution >= 4 is 12.0 Å². The van der Waals surface area contributed by atoms with Crippen LogP contribution >= 0.6 is 0 Å². The molecule has 0 unspecified atom stereocenters. The number of rotatable bonds is 7. The number of hydrogen-bond acceptors (Lipinski definition) is 3. The molecule has 1 N–H and O–H groups in total. The summed E-state index contributed by atoms with van der Waals surface area (Å²) >= 11 is 0. The molecule has 3 aromatic rings.